The molecule has 1 aliphatic carbocycles. The molecule has 3 aromatic rings. The second-order valence-electron chi connectivity index (χ2n) is 9.92. The Kier molecular flexibility index (Phi) is 7.10. The summed E-state index contributed by atoms with van der Waals surface area (Å²) in [7, 11) is 0. The van der Waals surface area contributed by atoms with E-state index in [1.165, 1.54) is 6.42 Å². The maximum absolute atomic E-state index is 6.42. The lowest BCUT2D eigenvalue weighted by Crippen LogP contribution is -2.42. The highest BCUT2D eigenvalue weighted by Gasteiger charge is 2.41. The summed E-state index contributed by atoms with van der Waals surface area (Å²) in [6.07, 6.45) is 9.69. The lowest BCUT2D eigenvalue weighted by atomic mass is 9.79. The van der Waals surface area contributed by atoms with Crippen molar-refractivity contribution in [2.45, 2.75) is 64.5 Å². The molecule has 0 amide bonds. The van der Waals surface area contributed by atoms with E-state index in [9.17, 15) is 0 Å². The Balaban J connectivity index is 1.74. The normalized spacial score (nSPS) is 17.2. The molecule has 2 aromatic carbocycles. The molecule has 0 radical (unpaired) electrons. The summed E-state index contributed by atoms with van der Waals surface area (Å²) in [5.74, 6) is 0.887. The summed E-state index contributed by atoms with van der Waals surface area (Å²) >= 11 is 12.5. The Bertz CT molecular complexity index is 1100. The van der Waals surface area contributed by atoms with Crippen LogP contribution in [0.4, 0.5) is 5.69 Å². The van der Waals surface area contributed by atoms with Gasteiger partial charge in [-0.25, -0.2) is 4.68 Å². The van der Waals surface area contributed by atoms with Gasteiger partial charge in [-0.15, -0.1) is 5.10 Å². The third kappa shape index (κ3) is 5.42. The van der Waals surface area contributed by atoms with Gasteiger partial charge in [-0.2, -0.15) is 0 Å². The Labute approximate surface area is 206 Å². The van der Waals surface area contributed by atoms with E-state index in [2.05, 4.69) is 72.0 Å². The van der Waals surface area contributed by atoms with Crippen molar-refractivity contribution < 1.29 is 0 Å². The molecule has 1 N–H and O–H groups in total. The average Bonchev–Trinajstić information content (AvgIpc) is 3.26. The second-order valence-corrected chi connectivity index (χ2v) is 10.8. The summed E-state index contributed by atoms with van der Waals surface area (Å²) in [5, 5.41) is 18.3. The maximum atomic E-state index is 6.42. The predicted octanol–water partition coefficient (Wildman–Crippen LogP) is 7.55. The number of para-hydroxylation sites is 1. The fourth-order valence-corrected chi connectivity index (χ4v) is 5.09. The van der Waals surface area contributed by atoms with Crippen LogP contribution in [-0.4, -0.2) is 20.2 Å². The highest BCUT2D eigenvalue weighted by molar-refractivity contribution is 6.35. The minimum Gasteiger partial charge on any atom is -0.373 e. The standard InChI is InChI=1S/C26H31Cl2N5/c1-25(2,3)23(15-13-19-12-14-20(27)18-22(19)28)33-24(30-31-32-33)26(16-8-5-9-17-26)29-21-10-6-4-7-11-21/h4,6-7,10-15,18,23,29H,5,8-9,16-17H2,1-3H3/t23-/m0/s1. The lowest BCUT2D eigenvalue weighted by molar-refractivity contribution is 0.237. The fraction of sp³-hybridized carbons (Fsp3) is 0.423. The summed E-state index contributed by atoms with van der Waals surface area (Å²) in [6, 6.07) is 15.8. The molecule has 1 aliphatic rings. The molecule has 33 heavy (non-hydrogen) atoms. The first kappa shape index (κ1) is 23.8. The molecular weight excluding hydrogens is 453 g/mol. The largest absolute Gasteiger partial charge is 0.373 e. The third-order valence-corrected chi connectivity index (χ3v) is 6.92. The van der Waals surface area contributed by atoms with Crippen LogP contribution in [0.5, 0.6) is 0 Å². The van der Waals surface area contributed by atoms with E-state index in [-0.39, 0.29) is 17.0 Å². The van der Waals surface area contributed by atoms with Gasteiger partial charge in [-0.3, -0.25) is 0 Å². The molecule has 0 spiro atoms. The van der Waals surface area contributed by atoms with E-state index in [0.717, 1.165) is 42.8 Å². The van der Waals surface area contributed by atoms with Crippen LogP contribution in [-0.2, 0) is 5.54 Å². The van der Waals surface area contributed by atoms with Gasteiger partial charge in [0.2, 0.25) is 0 Å². The van der Waals surface area contributed by atoms with Crippen LogP contribution in [0.3, 0.4) is 0 Å². The number of halogens is 2. The first-order valence-corrected chi connectivity index (χ1v) is 12.3. The van der Waals surface area contributed by atoms with E-state index >= 15 is 0 Å². The van der Waals surface area contributed by atoms with Crippen molar-refractivity contribution in [3.8, 4) is 0 Å². The molecule has 1 heterocycles. The number of anilines is 1. The Hall–Kier alpha value is -2.37. The number of hydrogen-bond donors (Lipinski definition) is 1. The Morgan fingerprint density at radius 2 is 1.76 bits per heavy atom. The number of nitrogens with zero attached hydrogens (tertiary/aromatic N) is 4. The van der Waals surface area contributed by atoms with Crippen LogP contribution in [0.25, 0.3) is 6.08 Å². The van der Waals surface area contributed by atoms with Crippen LogP contribution in [0, 0.1) is 5.41 Å². The van der Waals surface area contributed by atoms with Crippen molar-refractivity contribution in [3.05, 3.63) is 76.0 Å². The molecule has 0 aliphatic heterocycles. The number of aromatic nitrogens is 4. The summed E-state index contributed by atoms with van der Waals surface area (Å²) < 4.78 is 2.00. The molecule has 0 saturated heterocycles. The quantitative estimate of drug-likeness (QED) is 0.392. The molecule has 0 bridgehead atoms. The van der Waals surface area contributed by atoms with E-state index in [4.69, 9.17) is 23.2 Å². The molecular formula is C26H31Cl2N5. The van der Waals surface area contributed by atoms with Gasteiger partial charge >= 0.3 is 0 Å². The molecule has 174 valence electrons. The molecule has 7 heteroatoms. The Morgan fingerprint density at radius 3 is 2.42 bits per heavy atom. The van der Waals surface area contributed by atoms with Crippen molar-refractivity contribution in [1.82, 2.24) is 20.2 Å². The van der Waals surface area contributed by atoms with E-state index in [0.29, 0.717) is 10.0 Å². The molecule has 0 unspecified atom stereocenters. The van der Waals surface area contributed by atoms with Crippen molar-refractivity contribution >= 4 is 35.0 Å². The zero-order valence-electron chi connectivity index (χ0n) is 19.4. The van der Waals surface area contributed by atoms with Crippen LogP contribution in [0.1, 0.15) is 70.3 Å². The van der Waals surface area contributed by atoms with Gasteiger partial charge in [0.15, 0.2) is 5.82 Å². The van der Waals surface area contributed by atoms with Gasteiger partial charge in [0.05, 0.1) is 11.6 Å². The fourth-order valence-electron chi connectivity index (χ4n) is 4.62. The van der Waals surface area contributed by atoms with Crippen LogP contribution in [0.2, 0.25) is 10.0 Å². The van der Waals surface area contributed by atoms with Crippen molar-refractivity contribution in [1.29, 1.82) is 0 Å². The van der Waals surface area contributed by atoms with E-state index < -0.39 is 0 Å². The van der Waals surface area contributed by atoms with E-state index in [1.807, 2.05) is 29.0 Å². The number of allylic oxidation sites excluding steroid dienone is 1. The monoisotopic (exact) mass is 483 g/mol. The van der Waals surface area contributed by atoms with Gasteiger partial charge in [-0.1, -0.05) is 99.7 Å². The minimum absolute atomic E-state index is 0.0642. The molecule has 1 aromatic heterocycles. The van der Waals surface area contributed by atoms with Crippen LogP contribution < -0.4 is 5.32 Å². The summed E-state index contributed by atoms with van der Waals surface area (Å²) in [5.41, 5.74) is 1.57. The molecule has 1 fully saturated rings. The number of tetrazole rings is 1. The van der Waals surface area contributed by atoms with Crippen molar-refractivity contribution in [2.24, 2.45) is 5.41 Å². The van der Waals surface area contributed by atoms with Gasteiger partial charge in [0, 0.05) is 15.7 Å². The Morgan fingerprint density at radius 1 is 1.03 bits per heavy atom. The zero-order chi connectivity index (χ0) is 23.5. The topological polar surface area (TPSA) is 55.6 Å². The van der Waals surface area contributed by atoms with Crippen molar-refractivity contribution in [2.75, 3.05) is 5.32 Å². The predicted molar refractivity (Wildman–Crippen MR) is 137 cm³/mol. The van der Waals surface area contributed by atoms with E-state index in [1.54, 1.807) is 6.07 Å². The summed E-state index contributed by atoms with van der Waals surface area (Å²) in [4.78, 5) is 0. The van der Waals surface area contributed by atoms with Crippen molar-refractivity contribution in [3.63, 3.8) is 0 Å². The number of hydrogen-bond acceptors (Lipinski definition) is 4. The number of benzene rings is 2. The van der Waals surface area contributed by atoms with Gasteiger partial charge in [0.25, 0.3) is 0 Å². The first-order chi connectivity index (χ1) is 15.8. The molecule has 1 saturated carbocycles. The zero-order valence-corrected chi connectivity index (χ0v) is 20.9. The lowest BCUT2D eigenvalue weighted by Gasteiger charge is -2.39. The molecule has 5 nitrogen and oxygen atoms in total. The highest BCUT2D eigenvalue weighted by Crippen LogP contribution is 2.42. The number of rotatable bonds is 6. The maximum Gasteiger partial charge on any atom is 0.177 e. The SMILES string of the molecule is CC(C)(C)[C@H](C=Cc1ccc(Cl)cc1Cl)n1nnnc1C1(Nc2ccccc2)CCCCC1. The minimum atomic E-state index is -0.307. The van der Waals surface area contributed by atoms with Gasteiger partial charge < -0.3 is 5.32 Å². The highest BCUT2D eigenvalue weighted by atomic mass is 35.5. The van der Waals surface area contributed by atoms with Crippen LogP contribution >= 0.6 is 23.2 Å². The number of nitrogens with one attached hydrogen (secondary N) is 1. The third-order valence-electron chi connectivity index (χ3n) is 6.36. The average molecular weight is 484 g/mol. The van der Waals surface area contributed by atoms with Gasteiger partial charge in [0.1, 0.15) is 0 Å². The second kappa shape index (κ2) is 9.86. The van der Waals surface area contributed by atoms with Crippen LogP contribution in [0.15, 0.2) is 54.6 Å². The molecule has 1 atom stereocenters. The molecule has 4 rings (SSSR count). The van der Waals surface area contributed by atoms with Gasteiger partial charge in [-0.05, 0) is 58.5 Å². The summed E-state index contributed by atoms with van der Waals surface area (Å²) in [6.45, 7) is 6.61. The smallest absolute Gasteiger partial charge is 0.177 e. The first-order valence-electron chi connectivity index (χ1n) is 11.5.